The van der Waals surface area contributed by atoms with Crippen LogP contribution in [0.5, 0.6) is 0 Å². The van der Waals surface area contributed by atoms with Gasteiger partial charge >= 0.3 is 29.6 Å². The van der Waals surface area contributed by atoms with Gasteiger partial charge in [0, 0.05) is 12.3 Å². The summed E-state index contributed by atoms with van der Waals surface area (Å²) in [7, 11) is -5.08. The number of hydrogen-bond acceptors (Lipinski definition) is 12. The monoisotopic (exact) mass is 686 g/mol. The summed E-state index contributed by atoms with van der Waals surface area (Å²) in [6, 6.07) is 0. The van der Waals surface area contributed by atoms with Gasteiger partial charge in [0.05, 0.1) is 36.6 Å². The molecule has 4 aliphatic carbocycles. The normalized spacial score (nSPS) is 48.9. The number of fused-ring (bicyclic) bond motifs is 5. The van der Waals surface area contributed by atoms with E-state index in [1.54, 1.807) is 0 Å². The van der Waals surface area contributed by atoms with E-state index < -0.39 is 75.7 Å². The topological polar surface area (TPSA) is 206 Å². The number of aliphatic hydroxyl groups is 6. The molecule has 1 saturated heterocycles. The standard InChI is InChI=1S/C32H56O12S.Na/c1-16(2)23(43-29-27(37)26(36)22(35)15-42-29)7-6-17(3)19-13-24(44-45(39,40)41)28-31(19,5)11-9-25-30(4)10-8-18(33)12-20(30)21(34)14-32(25,28)38;/h16-29,33-38H,6-15H2,1-5H3,(H,39,40,41);/q;+1/p-1/t17-,18+,19-,20?,21-,22?,23+,24+,25?,26?,27?,28?,29?,30+,31-,32+;/m1./s1. The van der Waals surface area contributed by atoms with Crippen molar-refractivity contribution in [3.8, 4) is 0 Å². The largest absolute Gasteiger partial charge is 1.00 e. The summed E-state index contributed by atoms with van der Waals surface area (Å²) in [6.45, 7) is 10.0. The molecular formula is C32H55NaO12S. The van der Waals surface area contributed by atoms with Crippen LogP contribution in [0.25, 0.3) is 0 Å². The molecule has 16 atom stereocenters. The summed E-state index contributed by atoms with van der Waals surface area (Å²) in [5.74, 6) is -1.16. The molecule has 46 heavy (non-hydrogen) atoms. The number of ether oxygens (including phenoxy) is 2. The minimum Gasteiger partial charge on any atom is -0.726 e. The Morgan fingerprint density at radius 1 is 0.935 bits per heavy atom. The van der Waals surface area contributed by atoms with Gasteiger partial charge in [0.1, 0.15) is 18.3 Å². The van der Waals surface area contributed by atoms with Crippen LogP contribution in [0.4, 0.5) is 0 Å². The van der Waals surface area contributed by atoms with E-state index in [4.69, 9.17) is 13.7 Å². The van der Waals surface area contributed by atoms with Gasteiger partial charge in [-0.3, -0.25) is 4.18 Å². The van der Waals surface area contributed by atoms with E-state index in [1.165, 1.54) is 0 Å². The predicted molar refractivity (Wildman–Crippen MR) is 160 cm³/mol. The van der Waals surface area contributed by atoms with E-state index in [0.29, 0.717) is 44.9 Å². The van der Waals surface area contributed by atoms with Gasteiger partial charge in [-0.15, -0.1) is 0 Å². The Morgan fingerprint density at radius 3 is 2.22 bits per heavy atom. The summed E-state index contributed by atoms with van der Waals surface area (Å²) < 4.78 is 52.9. The first kappa shape index (κ1) is 39.3. The van der Waals surface area contributed by atoms with Crippen LogP contribution in [0.2, 0.25) is 0 Å². The Bertz CT molecular complexity index is 1160. The molecule has 262 valence electrons. The van der Waals surface area contributed by atoms with Crippen molar-refractivity contribution in [3.63, 3.8) is 0 Å². The third kappa shape index (κ3) is 7.17. The predicted octanol–water partition coefficient (Wildman–Crippen LogP) is -1.55. The van der Waals surface area contributed by atoms with Gasteiger partial charge in [-0.05, 0) is 91.8 Å². The van der Waals surface area contributed by atoms with Crippen LogP contribution in [-0.4, -0.2) is 105 Å². The van der Waals surface area contributed by atoms with Crippen LogP contribution in [0.1, 0.15) is 92.4 Å². The van der Waals surface area contributed by atoms with Gasteiger partial charge in [-0.25, -0.2) is 8.42 Å². The van der Waals surface area contributed by atoms with Crippen LogP contribution in [-0.2, 0) is 24.1 Å². The zero-order valence-corrected chi connectivity index (χ0v) is 31.0. The second kappa shape index (κ2) is 14.3. The Balaban J connectivity index is 0.00000480. The molecule has 1 heterocycles. The second-order valence-electron chi connectivity index (χ2n) is 16.0. The van der Waals surface area contributed by atoms with Crippen molar-refractivity contribution in [3.05, 3.63) is 0 Å². The Morgan fingerprint density at radius 2 is 1.59 bits per heavy atom. The van der Waals surface area contributed by atoms with E-state index in [2.05, 4.69) is 20.8 Å². The van der Waals surface area contributed by atoms with Gasteiger partial charge < -0.3 is 44.7 Å². The maximum absolute atomic E-state index is 12.7. The molecule has 0 bridgehead atoms. The first-order valence-electron chi connectivity index (χ1n) is 16.9. The van der Waals surface area contributed by atoms with E-state index >= 15 is 0 Å². The molecule has 12 nitrogen and oxygen atoms in total. The molecule has 0 aromatic heterocycles. The molecule has 6 N–H and O–H groups in total. The summed E-state index contributed by atoms with van der Waals surface area (Å²) in [4.78, 5) is 0. The molecule has 0 spiro atoms. The van der Waals surface area contributed by atoms with Crippen LogP contribution in [0.3, 0.4) is 0 Å². The van der Waals surface area contributed by atoms with Gasteiger partial charge in [0.2, 0.25) is 10.4 Å². The molecule has 0 aromatic rings. The summed E-state index contributed by atoms with van der Waals surface area (Å²) >= 11 is 0. The SMILES string of the molecule is CC(C)[C@H](CC[C@@H](C)[C@H]1C[C@H](OS(=O)(=O)[O-])C2[C@]3(O)C[C@@H](O)C4C[C@@H](O)CC[C@]4(C)C3CC[C@@]21C)OC1OCC(O)C(O)C1O.[Na+]. The van der Waals surface area contributed by atoms with Crippen molar-refractivity contribution in [1.29, 1.82) is 0 Å². The maximum Gasteiger partial charge on any atom is 1.00 e. The van der Waals surface area contributed by atoms with Gasteiger partial charge in [0.25, 0.3) is 0 Å². The second-order valence-corrected chi connectivity index (χ2v) is 17.0. The molecule has 4 saturated carbocycles. The fraction of sp³-hybridized carbons (Fsp3) is 1.00. The zero-order chi connectivity index (χ0) is 33.3. The average molecular weight is 687 g/mol. The number of aliphatic hydroxyl groups excluding tert-OH is 5. The minimum atomic E-state index is -5.08. The van der Waals surface area contributed by atoms with Crippen LogP contribution < -0.4 is 29.6 Å². The fourth-order valence-electron chi connectivity index (χ4n) is 10.9. The molecule has 0 aromatic carbocycles. The van der Waals surface area contributed by atoms with Crippen LogP contribution in [0.15, 0.2) is 0 Å². The summed E-state index contributed by atoms with van der Waals surface area (Å²) in [5, 5.41) is 64.8. The van der Waals surface area contributed by atoms with Crippen LogP contribution >= 0.6 is 0 Å². The molecular weight excluding hydrogens is 631 g/mol. The molecule has 5 fully saturated rings. The molecule has 0 radical (unpaired) electrons. The van der Waals surface area contributed by atoms with E-state index in [9.17, 15) is 43.6 Å². The van der Waals surface area contributed by atoms with E-state index in [-0.39, 0.29) is 84.7 Å². The Hall–Kier alpha value is 0.550. The summed E-state index contributed by atoms with van der Waals surface area (Å²) in [5.41, 5.74) is -2.48. The Labute approximate surface area is 295 Å². The molecule has 14 heteroatoms. The molecule has 5 aliphatic rings. The third-order valence-electron chi connectivity index (χ3n) is 13.1. The van der Waals surface area contributed by atoms with Gasteiger partial charge in [-0.2, -0.15) is 0 Å². The van der Waals surface area contributed by atoms with E-state index in [1.807, 2.05) is 13.8 Å². The first-order chi connectivity index (χ1) is 20.8. The third-order valence-corrected chi connectivity index (χ3v) is 13.5. The van der Waals surface area contributed by atoms with Crippen molar-refractivity contribution in [2.24, 2.45) is 46.3 Å². The Kier molecular flexibility index (Phi) is 12.2. The number of hydrogen-bond donors (Lipinski definition) is 6. The van der Waals surface area contributed by atoms with Crippen molar-refractivity contribution in [2.75, 3.05) is 6.61 Å². The van der Waals surface area contributed by atoms with Crippen molar-refractivity contribution in [2.45, 2.75) is 147 Å². The molecule has 1 aliphatic heterocycles. The van der Waals surface area contributed by atoms with E-state index in [0.717, 1.165) is 0 Å². The zero-order valence-electron chi connectivity index (χ0n) is 28.2. The van der Waals surface area contributed by atoms with Crippen LogP contribution in [0, 0.1) is 46.3 Å². The van der Waals surface area contributed by atoms with Gasteiger partial charge in [0.15, 0.2) is 6.29 Å². The number of rotatable bonds is 9. The smallest absolute Gasteiger partial charge is 0.726 e. The quantitative estimate of drug-likeness (QED) is 0.0927. The first-order valence-corrected chi connectivity index (χ1v) is 18.2. The van der Waals surface area contributed by atoms with Crippen molar-refractivity contribution < 1.29 is 86.8 Å². The minimum absolute atomic E-state index is 0. The molecule has 7 unspecified atom stereocenters. The van der Waals surface area contributed by atoms with Crippen molar-refractivity contribution in [1.82, 2.24) is 0 Å². The molecule has 0 amide bonds. The summed E-state index contributed by atoms with van der Waals surface area (Å²) in [6.07, 6.45) is -3.23. The average Bonchev–Trinajstić information content (AvgIpc) is 3.23. The van der Waals surface area contributed by atoms with Crippen molar-refractivity contribution >= 4 is 10.4 Å². The van der Waals surface area contributed by atoms with Gasteiger partial charge in [-0.1, -0.05) is 34.6 Å². The fourth-order valence-corrected chi connectivity index (χ4v) is 11.4. The molecule has 5 rings (SSSR count). The maximum atomic E-state index is 12.7.